The smallest absolute Gasteiger partial charge is 0.744 e. The van der Waals surface area contributed by atoms with Gasteiger partial charge in [-0.1, -0.05) is 56.9 Å². The van der Waals surface area contributed by atoms with Crippen molar-refractivity contribution in [2.24, 2.45) is 0 Å². The van der Waals surface area contributed by atoms with Gasteiger partial charge in [0.15, 0.2) is 0 Å². The van der Waals surface area contributed by atoms with Crippen LogP contribution in [-0.4, -0.2) is 13.0 Å². The maximum Gasteiger partial charge on any atom is 1.00 e. The fourth-order valence-corrected chi connectivity index (χ4v) is 3.13. The zero-order valence-corrected chi connectivity index (χ0v) is 17.3. The molecule has 0 aliphatic rings. The van der Waals surface area contributed by atoms with E-state index in [9.17, 15) is 13.0 Å². The Labute approximate surface area is 175 Å². The van der Waals surface area contributed by atoms with Crippen molar-refractivity contribution >= 4 is 20.9 Å². The van der Waals surface area contributed by atoms with Crippen molar-refractivity contribution in [1.82, 2.24) is 0 Å². The van der Waals surface area contributed by atoms with E-state index >= 15 is 0 Å². The summed E-state index contributed by atoms with van der Waals surface area (Å²) in [5.41, 5.74) is 1.22. The Bertz CT molecular complexity index is 711. The van der Waals surface area contributed by atoms with E-state index in [1.165, 1.54) is 43.4 Å². The molecule has 0 saturated heterocycles. The van der Waals surface area contributed by atoms with Crippen LogP contribution in [0, 0.1) is 0 Å². The monoisotopic (exact) mass is 344 g/mol. The predicted molar refractivity (Wildman–Crippen MR) is 84.4 cm³/mol. The zero-order valence-electron chi connectivity index (χ0n) is 13.3. The molecule has 0 aliphatic carbocycles. The molecule has 2 aromatic carbocycles. The molecule has 0 heterocycles. The molecule has 0 aliphatic heterocycles. The number of rotatable bonds is 7. The molecule has 0 aromatic heterocycles. The Morgan fingerprint density at radius 2 is 1.73 bits per heavy atom. The second-order valence-corrected chi connectivity index (χ2v) is 6.80. The van der Waals surface area contributed by atoms with E-state index in [1.807, 2.05) is 12.1 Å². The van der Waals surface area contributed by atoms with Crippen molar-refractivity contribution < 1.29 is 64.4 Å². The van der Waals surface area contributed by atoms with Crippen LogP contribution < -0.4 is 51.4 Å². The molecule has 0 fully saturated rings. The fraction of sp³-hybridized carbons (Fsp3) is 0.412. The van der Waals surface area contributed by atoms with E-state index in [4.69, 9.17) is 0 Å². The summed E-state index contributed by atoms with van der Waals surface area (Å²) in [5.74, 6) is 0. The van der Waals surface area contributed by atoms with Crippen LogP contribution in [0.25, 0.3) is 10.8 Å². The Morgan fingerprint density at radius 3 is 2.41 bits per heavy atom. The Kier molecular flexibility index (Phi) is 8.78. The molecule has 0 saturated carbocycles. The zero-order chi connectivity index (χ0) is 15.3. The number of fused-ring (bicyclic) bond motifs is 1. The summed E-state index contributed by atoms with van der Waals surface area (Å²) < 4.78 is 33.2. The summed E-state index contributed by atoms with van der Waals surface area (Å²) in [6, 6.07) is 10.5. The third kappa shape index (κ3) is 5.71. The van der Waals surface area contributed by atoms with Gasteiger partial charge in [0, 0.05) is 0 Å². The molecule has 0 unspecified atom stereocenters. The molecule has 0 bridgehead atoms. The van der Waals surface area contributed by atoms with Crippen molar-refractivity contribution in [2.75, 3.05) is 0 Å². The van der Waals surface area contributed by atoms with Crippen LogP contribution in [0.3, 0.4) is 0 Å². The molecule has 0 N–H and O–H groups in total. The number of benzene rings is 2. The van der Waals surface area contributed by atoms with Crippen molar-refractivity contribution in [2.45, 2.75) is 50.3 Å². The summed E-state index contributed by atoms with van der Waals surface area (Å²) in [6.45, 7) is 2.20. The molecule has 114 valence electrons. The molecule has 2 aromatic rings. The fourth-order valence-electron chi connectivity index (χ4n) is 2.62. The minimum Gasteiger partial charge on any atom is -0.744 e. The Hall–Kier alpha value is 0.246. The summed E-state index contributed by atoms with van der Waals surface area (Å²) in [6.07, 6.45) is 7.13. The normalized spacial score (nSPS) is 11.4. The van der Waals surface area contributed by atoms with Crippen molar-refractivity contribution in [1.29, 1.82) is 0 Å². The van der Waals surface area contributed by atoms with Crippen LogP contribution in [0.2, 0.25) is 0 Å². The van der Waals surface area contributed by atoms with Gasteiger partial charge in [0.25, 0.3) is 0 Å². The van der Waals surface area contributed by atoms with Gasteiger partial charge in [-0.25, -0.2) is 8.42 Å². The van der Waals surface area contributed by atoms with E-state index in [-0.39, 0.29) is 56.3 Å². The third-order valence-corrected chi connectivity index (χ3v) is 4.61. The van der Waals surface area contributed by atoms with Crippen molar-refractivity contribution in [3.63, 3.8) is 0 Å². The first-order valence-corrected chi connectivity index (χ1v) is 8.91. The molecule has 22 heavy (non-hydrogen) atoms. The second-order valence-electron chi connectivity index (χ2n) is 5.42. The quantitative estimate of drug-likeness (QED) is 0.432. The first-order valence-electron chi connectivity index (χ1n) is 7.50. The standard InChI is InChI=1S/C17H22O3S.K/c1-2-3-4-5-6-8-14-9-7-10-15-13-16(21(18,19)20)11-12-17(14)15;/h7,9-13H,2-6,8H2,1H3,(H,18,19,20);/q;+1/p-1. The van der Waals surface area contributed by atoms with Gasteiger partial charge in [-0.2, -0.15) is 0 Å². The van der Waals surface area contributed by atoms with E-state index in [0.29, 0.717) is 0 Å². The molecular formula is C17H21KO3S. The van der Waals surface area contributed by atoms with Gasteiger partial charge < -0.3 is 4.55 Å². The van der Waals surface area contributed by atoms with Gasteiger partial charge >= 0.3 is 51.4 Å². The summed E-state index contributed by atoms with van der Waals surface area (Å²) in [7, 11) is -4.38. The number of hydrogen-bond acceptors (Lipinski definition) is 3. The van der Waals surface area contributed by atoms with Crippen molar-refractivity contribution in [3.05, 3.63) is 42.0 Å². The topological polar surface area (TPSA) is 57.2 Å². The third-order valence-electron chi connectivity index (χ3n) is 3.78. The van der Waals surface area contributed by atoms with Crippen LogP contribution in [0.4, 0.5) is 0 Å². The Balaban J connectivity index is 0.00000242. The maximum absolute atomic E-state index is 11.1. The molecule has 0 radical (unpaired) electrons. The largest absolute Gasteiger partial charge is 1.00 e. The number of unbranched alkanes of at least 4 members (excludes halogenated alkanes) is 4. The number of hydrogen-bond donors (Lipinski definition) is 0. The van der Waals surface area contributed by atoms with Gasteiger partial charge in [-0.3, -0.25) is 0 Å². The predicted octanol–water partition coefficient (Wildman–Crippen LogP) is 1.26. The molecule has 3 nitrogen and oxygen atoms in total. The molecule has 0 amide bonds. The minimum absolute atomic E-state index is 0. The Morgan fingerprint density at radius 1 is 1.00 bits per heavy atom. The van der Waals surface area contributed by atoms with E-state index < -0.39 is 10.1 Å². The average Bonchev–Trinajstić information content (AvgIpc) is 2.45. The first kappa shape index (κ1) is 20.3. The maximum atomic E-state index is 11.1. The van der Waals surface area contributed by atoms with Gasteiger partial charge in [0.1, 0.15) is 10.1 Å². The van der Waals surface area contributed by atoms with Gasteiger partial charge in [0.05, 0.1) is 4.90 Å². The van der Waals surface area contributed by atoms with Gasteiger partial charge in [-0.05, 0) is 41.3 Å². The minimum atomic E-state index is -4.38. The van der Waals surface area contributed by atoms with E-state index in [2.05, 4.69) is 13.0 Å². The molecule has 0 spiro atoms. The van der Waals surface area contributed by atoms with Crippen LogP contribution in [0.1, 0.15) is 44.6 Å². The van der Waals surface area contributed by atoms with Crippen LogP contribution in [-0.2, 0) is 16.5 Å². The first-order chi connectivity index (χ1) is 10.0. The summed E-state index contributed by atoms with van der Waals surface area (Å²) >= 11 is 0. The molecule has 0 atom stereocenters. The SMILES string of the molecule is CCCCCCCc1cccc2cc(S(=O)(=O)[O-])ccc12.[K+]. The molecular weight excluding hydrogens is 323 g/mol. The molecule has 5 heteroatoms. The molecule has 2 rings (SSSR count). The van der Waals surface area contributed by atoms with E-state index in [0.717, 1.165) is 23.6 Å². The second kappa shape index (κ2) is 9.52. The number of aryl methyl sites for hydroxylation is 1. The van der Waals surface area contributed by atoms with Gasteiger partial charge in [0.2, 0.25) is 0 Å². The van der Waals surface area contributed by atoms with Crippen molar-refractivity contribution in [3.8, 4) is 0 Å². The summed E-state index contributed by atoms with van der Waals surface area (Å²) in [4.78, 5) is -0.157. The van der Waals surface area contributed by atoms with Gasteiger partial charge in [-0.15, -0.1) is 0 Å². The van der Waals surface area contributed by atoms with Crippen LogP contribution in [0.5, 0.6) is 0 Å². The van der Waals surface area contributed by atoms with E-state index in [1.54, 1.807) is 6.07 Å². The van der Waals surface area contributed by atoms with Crippen LogP contribution >= 0.6 is 0 Å². The average molecular weight is 345 g/mol. The van der Waals surface area contributed by atoms with Crippen LogP contribution in [0.15, 0.2) is 41.3 Å². The summed E-state index contributed by atoms with van der Waals surface area (Å²) in [5, 5.41) is 1.86.